The number of carbonyl (C=O) groups is 1. The number of likely N-dealkylation sites (tertiary alicyclic amines) is 1. The van der Waals surface area contributed by atoms with E-state index in [-0.39, 0.29) is 82.2 Å². The molecule has 2 aliphatic rings. The smallest absolute Gasteiger partial charge is 0.335 e. The summed E-state index contributed by atoms with van der Waals surface area (Å²) in [5.41, 5.74) is 1.97. The molecule has 44 heavy (non-hydrogen) atoms. The largest absolute Gasteiger partial charge is 0.483 e. The molecule has 0 aliphatic carbocycles. The van der Waals surface area contributed by atoms with Crippen molar-refractivity contribution in [2.75, 3.05) is 13.2 Å². The maximum atomic E-state index is 14.1. The van der Waals surface area contributed by atoms with Gasteiger partial charge in [0.1, 0.15) is 18.5 Å². The quantitative estimate of drug-likeness (QED) is 0.267. The number of nitrogens with zero attached hydrogens (tertiary/aromatic N) is 6. The topological polar surface area (TPSA) is 136 Å². The number of hydrogen-bond donors (Lipinski definition) is 1. The minimum Gasteiger partial charge on any atom is -0.483 e. The van der Waals surface area contributed by atoms with Gasteiger partial charge in [-0.15, -0.1) is 0 Å². The highest BCUT2D eigenvalue weighted by molar-refractivity contribution is 7.59. The number of hydrogen-bond acceptors (Lipinski definition) is 9. The molecule has 2 fully saturated rings. The number of aromatic nitrogens is 4. The van der Waals surface area contributed by atoms with E-state index in [9.17, 15) is 14.3 Å². The third-order valence-electron chi connectivity index (χ3n) is 7.50. The molecule has 1 N–H and O–H groups in total. The Morgan fingerprint density at radius 1 is 1.18 bits per heavy atom. The molecule has 11 nitrogen and oxygen atoms in total. The highest BCUT2D eigenvalue weighted by Crippen LogP contribution is 2.28. The minimum absolute atomic E-state index is 0. The molecule has 2 aromatic heterocycles. The average Bonchev–Trinajstić information content (AvgIpc) is 3.29. The van der Waals surface area contributed by atoms with Gasteiger partial charge >= 0.3 is 5.97 Å². The molecule has 0 unspecified atom stereocenters. The first-order valence-corrected chi connectivity index (χ1v) is 13.3. The molecule has 234 valence electrons. The van der Waals surface area contributed by atoms with E-state index >= 15 is 0 Å². The van der Waals surface area contributed by atoms with E-state index in [1.807, 2.05) is 6.07 Å². The van der Waals surface area contributed by atoms with Crippen molar-refractivity contribution in [3.63, 3.8) is 0 Å². The van der Waals surface area contributed by atoms with Gasteiger partial charge in [0.2, 0.25) is 5.88 Å². The summed E-state index contributed by atoms with van der Waals surface area (Å²) in [7, 11) is 0. The van der Waals surface area contributed by atoms with Crippen molar-refractivity contribution in [3.8, 4) is 17.7 Å². The number of nitriles is 1. The molecule has 4 heterocycles. The molecular formula is C29H33FN6O5S3. The summed E-state index contributed by atoms with van der Waals surface area (Å²) in [6.45, 7) is 4.59. The molecule has 0 amide bonds. The molecule has 15 heteroatoms. The average molecular weight is 661 g/mol. The fourth-order valence-electron chi connectivity index (χ4n) is 4.94. The molecule has 2 saturated heterocycles. The van der Waals surface area contributed by atoms with Gasteiger partial charge in [-0.2, -0.15) is 50.7 Å². The molecule has 0 radical (unpaired) electrons. The fourth-order valence-corrected chi connectivity index (χ4v) is 4.94. The zero-order chi connectivity index (χ0) is 28.5. The van der Waals surface area contributed by atoms with Gasteiger partial charge < -0.3 is 23.9 Å². The van der Waals surface area contributed by atoms with Gasteiger partial charge in [-0.05, 0) is 49.7 Å². The van der Waals surface area contributed by atoms with Gasteiger partial charge in [0, 0.05) is 31.5 Å². The lowest BCUT2D eigenvalue weighted by Gasteiger charge is -2.45. The Balaban J connectivity index is 0.00000176. The molecule has 3 atom stereocenters. The third-order valence-corrected chi connectivity index (χ3v) is 7.50. The first kappa shape index (κ1) is 34.9. The number of rotatable bonds is 10. The Morgan fingerprint density at radius 3 is 2.64 bits per heavy atom. The Labute approximate surface area is 274 Å². The lowest BCUT2D eigenvalue weighted by molar-refractivity contribution is -0.0616. The SMILES string of the molecule is C[C@H]1[C@@H](Oc2ccnc(COc3ccc(C#N)cc3F)n2)CN1Cc1nc2ccc(C(=O)O)cc2n1C[C@@H]1CCO1.S.S.S. The summed E-state index contributed by atoms with van der Waals surface area (Å²) in [4.78, 5) is 27.2. The molecule has 4 aromatic rings. The van der Waals surface area contributed by atoms with Crippen molar-refractivity contribution in [1.29, 1.82) is 5.26 Å². The van der Waals surface area contributed by atoms with Crippen LogP contribution in [0.25, 0.3) is 11.0 Å². The molecule has 0 saturated carbocycles. The van der Waals surface area contributed by atoms with Crippen LogP contribution in [0.2, 0.25) is 0 Å². The van der Waals surface area contributed by atoms with Crippen molar-refractivity contribution in [2.45, 2.75) is 51.3 Å². The maximum Gasteiger partial charge on any atom is 0.335 e. The maximum absolute atomic E-state index is 14.1. The van der Waals surface area contributed by atoms with Gasteiger partial charge in [0.15, 0.2) is 17.4 Å². The first-order valence-electron chi connectivity index (χ1n) is 13.3. The lowest BCUT2D eigenvalue weighted by Crippen LogP contribution is -2.60. The number of fused-ring (bicyclic) bond motifs is 1. The van der Waals surface area contributed by atoms with E-state index in [2.05, 4.69) is 26.4 Å². The van der Waals surface area contributed by atoms with Crippen LogP contribution in [0.4, 0.5) is 4.39 Å². The summed E-state index contributed by atoms with van der Waals surface area (Å²) in [6, 6.07) is 12.6. The number of halogens is 1. The van der Waals surface area contributed by atoms with E-state index in [1.165, 1.54) is 12.1 Å². The van der Waals surface area contributed by atoms with Crippen LogP contribution in [0.1, 0.15) is 40.9 Å². The second kappa shape index (κ2) is 15.0. The number of ether oxygens (including phenoxy) is 3. The van der Waals surface area contributed by atoms with Crippen LogP contribution >= 0.6 is 40.5 Å². The Bertz CT molecular complexity index is 1660. The number of aromatic carboxylic acids is 1. The van der Waals surface area contributed by atoms with Crippen LogP contribution in [-0.2, 0) is 24.4 Å². The first-order chi connectivity index (χ1) is 19.9. The van der Waals surface area contributed by atoms with Crippen molar-refractivity contribution in [1.82, 2.24) is 24.4 Å². The number of carboxylic acids is 1. The van der Waals surface area contributed by atoms with E-state index < -0.39 is 11.8 Å². The Hall–Kier alpha value is -3.55. The second-order valence-electron chi connectivity index (χ2n) is 10.1. The minimum atomic E-state index is -0.974. The molecule has 0 spiro atoms. The summed E-state index contributed by atoms with van der Waals surface area (Å²) in [5, 5.41) is 18.4. The molecule has 2 aromatic carbocycles. The zero-order valence-corrected chi connectivity index (χ0v) is 26.7. The molecular weight excluding hydrogens is 628 g/mol. The van der Waals surface area contributed by atoms with Crippen LogP contribution in [0.15, 0.2) is 48.7 Å². The Morgan fingerprint density at radius 2 is 1.98 bits per heavy atom. The van der Waals surface area contributed by atoms with Crippen molar-refractivity contribution < 1.29 is 28.5 Å². The summed E-state index contributed by atoms with van der Waals surface area (Å²) < 4.78 is 33.5. The number of imidazole rings is 1. The summed E-state index contributed by atoms with van der Waals surface area (Å²) >= 11 is 0. The van der Waals surface area contributed by atoms with E-state index in [4.69, 9.17) is 24.5 Å². The Kier molecular flexibility index (Phi) is 11.9. The summed E-state index contributed by atoms with van der Waals surface area (Å²) in [5.74, 6) is -0.0148. The number of carboxylic acid groups (broad SMARTS) is 1. The van der Waals surface area contributed by atoms with E-state index in [0.717, 1.165) is 36.0 Å². The van der Waals surface area contributed by atoms with Crippen molar-refractivity contribution >= 4 is 57.5 Å². The van der Waals surface area contributed by atoms with E-state index in [1.54, 1.807) is 30.5 Å². The highest BCUT2D eigenvalue weighted by Gasteiger charge is 2.38. The van der Waals surface area contributed by atoms with Gasteiger partial charge in [-0.3, -0.25) is 4.90 Å². The van der Waals surface area contributed by atoms with Crippen LogP contribution in [0, 0.1) is 17.1 Å². The van der Waals surface area contributed by atoms with Crippen LogP contribution in [0.5, 0.6) is 11.6 Å². The van der Waals surface area contributed by atoms with Gasteiger partial charge in [-0.1, -0.05) is 0 Å². The normalized spacial score (nSPS) is 18.8. The molecule has 2 aliphatic heterocycles. The second-order valence-corrected chi connectivity index (χ2v) is 10.1. The lowest BCUT2D eigenvalue weighted by atomic mass is 10.0. The monoisotopic (exact) mass is 660 g/mol. The van der Waals surface area contributed by atoms with Crippen molar-refractivity contribution in [2.24, 2.45) is 0 Å². The predicted molar refractivity (Wildman–Crippen MR) is 174 cm³/mol. The standard InChI is InChI=1S/C29H27FN6O5.3H2S/c1-17-25(41-28-6-8-32-26(34-28)16-40-24-5-2-18(12-31)10-21(24)30)14-35(17)15-27-33-22-4-3-19(29(37)38)11-23(22)36(27)13-20-7-9-39-20;;;/h2-6,8,10-11,17,20,25H,7,9,13-16H2,1H3,(H,37,38);3*1H2/t17-,20-,25-;;;/m0.../s1. The predicted octanol–water partition coefficient (Wildman–Crippen LogP) is 3.89. The van der Waals surface area contributed by atoms with Gasteiger partial charge in [0.25, 0.3) is 0 Å². The van der Waals surface area contributed by atoms with Gasteiger partial charge in [-0.25, -0.2) is 19.2 Å². The van der Waals surface area contributed by atoms with Crippen LogP contribution in [-0.4, -0.2) is 66.9 Å². The van der Waals surface area contributed by atoms with Crippen LogP contribution in [0.3, 0.4) is 0 Å². The van der Waals surface area contributed by atoms with Gasteiger partial charge in [0.05, 0.1) is 47.4 Å². The molecule has 0 bridgehead atoms. The van der Waals surface area contributed by atoms with E-state index in [0.29, 0.717) is 31.3 Å². The summed E-state index contributed by atoms with van der Waals surface area (Å²) in [6.07, 6.45) is 2.50. The van der Waals surface area contributed by atoms with Crippen molar-refractivity contribution in [3.05, 3.63) is 77.3 Å². The fraction of sp³-hybridized carbons (Fsp3) is 0.345. The zero-order valence-electron chi connectivity index (χ0n) is 23.7. The highest BCUT2D eigenvalue weighted by atomic mass is 32.1. The number of benzene rings is 2. The third kappa shape index (κ3) is 7.39. The van der Waals surface area contributed by atoms with Crippen LogP contribution < -0.4 is 9.47 Å². The molecule has 6 rings (SSSR count).